The lowest BCUT2D eigenvalue weighted by molar-refractivity contribution is 1.34. The van der Waals surface area contributed by atoms with Crippen LogP contribution in [0.2, 0.25) is 10.0 Å². The van der Waals surface area contributed by atoms with Gasteiger partial charge in [0.1, 0.15) is 11.1 Å². The molecule has 0 unspecified atom stereocenters. The van der Waals surface area contributed by atoms with Gasteiger partial charge < -0.3 is 5.73 Å². The summed E-state index contributed by atoms with van der Waals surface area (Å²) in [7, 11) is 0. The molecule has 0 heterocycles. The van der Waals surface area contributed by atoms with Crippen molar-refractivity contribution in [3.05, 3.63) is 28.2 Å². The summed E-state index contributed by atoms with van der Waals surface area (Å²) in [5.74, 6) is 0. The van der Waals surface area contributed by atoms with Crippen molar-refractivity contribution in [1.82, 2.24) is 0 Å². The van der Waals surface area contributed by atoms with Gasteiger partial charge in [-0.1, -0.05) is 35.4 Å². The Morgan fingerprint density at radius 1 is 1.44 bits per heavy atom. The predicted octanol–water partition coefficient (Wildman–Crippen LogP) is 2.57. The van der Waals surface area contributed by atoms with E-state index in [1.54, 1.807) is 24.3 Å². The van der Waals surface area contributed by atoms with E-state index in [2.05, 4.69) is 22.7 Å². The molecule has 0 aliphatic carbocycles. The molecule has 3 N–H and O–H groups in total. The van der Waals surface area contributed by atoms with E-state index in [0.717, 1.165) is 0 Å². The highest BCUT2D eigenvalue weighted by molar-refractivity contribution is 7.82. The summed E-state index contributed by atoms with van der Waals surface area (Å²) in [6.07, 6.45) is 0. The molecule has 1 aromatic rings. The quantitative estimate of drug-likeness (QED) is 0.504. The number of rotatable bonds is 3. The Morgan fingerprint density at radius 2 is 2.12 bits per heavy atom. The minimum atomic E-state index is -0.0740. The maximum absolute atomic E-state index is 8.64. The highest BCUT2D eigenvalue weighted by Gasteiger charge is 2.02. The van der Waals surface area contributed by atoms with Gasteiger partial charge in [-0.15, -0.1) is 0 Å². The Bertz CT molecular complexity index is 493. The average Bonchev–Trinajstić information content (AvgIpc) is 2.23. The predicted molar refractivity (Wildman–Crippen MR) is 69.9 cm³/mol. The molecule has 1 rings (SSSR count). The van der Waals surface area contributed by atoms with E-state index >= 15 is 0 Å². The minimum absolute atomic E-state index is 0.0546. The molecule has 0 aromatic heterocycles. The second-order valence-electron chi connectivity index (χ2n) is 2.68. The summed E-state index contributed by atoms with van der Waals surface area (Å²) in [4.78, 5) is -0.0740. The van der Waals surface area contributed by atoms with Crippen LogP contribution in [0.3, 0.4) is 0 Å². The highest BCUT2D eigenvalue weighted by Crippen LogP contribution is 2.24. The molecule has 1 aromatic carbocycles. The number of nitriles is 1. The van der Waals surface area contributed by atoms with Crippen LogP contribution in [0.15, 0.2) is 23.3 Å². The van der Waals surface area contributed by atoms with Gasteiger partial charge in [-0.3, -0.25) is 5.43 Å². The molecule has 0 saturated heterocycles. The van der Waals surface area contributed by atoms with E-state index in [-0.39, 0.29) is 10.7 Å². The summed E-state index contributed by atoms with van der Waals surface area (Å²) >= 11 is 16.1. The number of nitrogens with two attached hydrogens (primary N) is 1. The van der Waals surface area contributed by atoms with Gasteiger partial charge in [-0.25, -0.2) is 0 Å². The molecule has 16 heavy (non-hydrogen) atoms. The van der Waals surface area contributed by atoms with Gasteiger partial charge in [-0.2, -0.15) is 10.4 Å². The normalized spacial score (nSPS) is 10.7. The molecule has 0 radical (unpaired) electrons. The van der Waals surface area contributed by atoms with Gasteiger partial charge >= 0.3 is 0 Å². The van der Waals surface area contributed by atoms with Crippen LogP contribution in [0.5, 0.6) is 0 Å². The molecule has 82 valence electrons. The largest absolute Gasteiger partial charge is 0.387 e. The molecule has 0 spiro atoms. The van der Waals surface area contributed by atoms with Crippen LogP contribution in [0, 0.1) is 11.3 Å². The SMILES string of the molecule is N#C/C(=N\Nc1ccc(Cl)c(Cl)c1)C(N)=S. The van der Waals surface area contributed by atoms with Crippen LogP contribution in [-0.2, 0) is 0 Å². The fraction of sp³-hybridized carbons (Fsp3) is 0. The summed E-state index contributed by atoms with van der Waals surface area (Å²) in [6.45, 7) is 0. The molecule has 0 aliphatic rings. The Kier molecular flexibility index (Phi) is 4.50. The summed E-state index contributed by atoms with van der Waals surface area (Å²) in [5, 5.41) is 13.2. The van der Waals surface area contributed by atoms with Gasteiger partial charge in [-0.05, 0) is 18.2 Å². The van der Waals surface area contributed by atoms with E-state index in [1.165, 1.54) is 0 Å². The number of hydrogen-bond donors (Lipinski definition) is 2. The van der Waals surface area contributed by atoms with E-state index in [9.17, 15) is 0 Å². The summed E-state index contributed by atoms with van der Waals surface area (Å²) < 4.78 is 0. The lowest BCUT2D eigenvalue weighted by Crippen LogP contribution is -2.20. The molecule has 7 heteroatoms. The molecule has 0 amide bonds. The van der Waals surface area contributed by atoms with Crippen LogP contribution in [0.4, 0.5) is 5.69 Å². The smallest absolute Gasteiger partial charge is 0.194 e. The first-order valence-corrected chi connectivity index (χ1v) is 5.19. The third kappa shape index (κ3) is 3.35. The average molecular weight is 273 g/mol. The van der Waals surface area contributed by atoms with Gasteiger partial charge in [0.05, 0.1) is 15.7 Å². The second kappa shape index (κ2) is 5.66. The van der Waals surface area contributed by atoms with Crippen LogP contribution < -0.4 is 11.2 Å². The van der Waals surface area contributed by atoms with Crippen LogP contribution >= 0.6 is 35.4 Å². The Balaban J connectivity index is 2.86. The van der Waals surface area contributed by atoms with Crippen LogP contribution in [-0.4, -0.2) is 10.7 Å². The zero-order valence-corrected chi connectivity index (χ0v) is 10.2. The van der Waals surface area contributed by atoms with Crippen molar-refractivity contribution in [2.45, 2.75) is 0 Å². The molecule has 0 fully saturated rings. The molecular formula is C9H6Cl2N4S. The van der Waals surface area contributed by atoms with Gasteiger partial charge in [0.25, 0.3) is 0 Å². The van der Waals surface area contributed by atoms with Gasteiger partial charge in [0.15, 0.2) is 5.71 Å². The maximum atomic E-state index is 8.64. The lowest BCUT2D eigenvalue weighted by atomic mass is 10.3. The fourth-order valence-corrected chi connectivity index (χ4v) is 1.21. The number of nitrogens with one attached hydrogen (secondary N) is 1. The monoisotopic (exact) mass is 272 g/mol. The van der Waals surface area contributed by atoms with E-state index in [1.807, 2.05) is 0 Å². The van der Waals surface area contributed by atoms with Crippen molar-refractivity contribution in [3.63, 3.8) is 0 Å². The Labute approximate surface area is 108 Å². The maximum Gasteiger partial charge on any atom is 0.194 e. The third-order valence-corrected chi connectivity index (χ3v) is 2.49. The molecule has 0 saturated carbocycles. The molecule has 0 bridgehead atoms. The molecule has 0 atom stereocenters. The van der Waals surface area contributed by atoms with Gasteiger partial charge in [0, 0.05) is 0 Å². The highest BCUT2D eigenvalue weighted by atomic mass is 35.5. The second-order valence-corrected chi connectivity index (χ2v) is 3.93. The third-order valence-electron chi connectivity index (χ3n) is 1.56. The Morgan fingerprint density at radius 3 is 2.62 bits per heavy atom. The van der Waals surface area contributed by atoms with Gasteiger partial charge in [0.2, 0.25) is 0 Å². The number of thiocarbonyl (C=S) groups is 1. The van der Waals surface area contributed by atoms with Crippen molar-refractivity contribution in [3.8, 4) is 6.07 Å². The van der Waals surface area contributed by atoms with E-state index in [0.29, 0.717) is 15.7 Å². The number of benzene rings is 1. The number of anilines is 1. The molecular weight excluding hydrogens is 267 g/mol. The van der Waals surface area contributed by atoms with Crippen molar-refractivity contribution in [2.24, 2.45) is 10.8 Å². The van der Waals surface area contributed by atoms with Crippen molar-refractivity contribution >= 4 is 51.8 Å². The summed E-state index contributed by atoms with van der Waals surface area (Å²) in [6, 6.07) is 6.60. The zero-order valence-electron chi connectivity index (χ0n) is 7.87. The summed E-state index contributed by atoms with van der Waals surface area (Å²) in [5.41, 5.74) is 8.38. The standard InChI is InChI=1S/C9H6Cl2N4S/c10-6-2-1-5(3-7(6)11)14-15-8(4-12)9(13)16/h1-3,14H,(H2,13,16)/b15-8+. The van der Waals surface area contributed by atoms with Crippen molar-refractivity contribution in [1.29, 1.82) is 5.26 Å². The Hall–Kier alpha value is -1.35. The molecule has 4 nitrogen and oxygen atoms in total. The number of nitrogens with zero attached hydrogens (tertiary/aromatic N) is 2. The first-order chi connectivity index (χ1) is 7.54. The van der Waals surface area contributed by atoms with Crippen molar-refractivity contribution < 1.29 is 0 Å². The van der Waals surface area contributed by atoms with Crippen LogP contribution in [0.1, 0.15) is 0 Å². The zero-order chi connectivity index (χ0) is 12.1. The first kappa shape index (κ1) is 12.7. The number of hydrazone groups is 1. The first-order valence-electron chi connectivity index (χ1n) is 4.03. The minimum Gasteiger partial charge on any atom is -0.387 e. The van der Waals surface area contributed by atoms with E-state index in [4.69, 9.17) is 34.2 Å². The number of hydrogen-bond acceptors (Lipinski definition) is 4. The van der Waals surface area contributed by atoms with E-state index < -0.39 is 0 Å². The number of halogens is 2. The lowest BCUT2D eigenvalue weighted by Gasteiger charge is -2.02. The topological polar surface area (TPSA) is 74.2 Å². The van der Waals surface area contributed by atoms with Crippen molar-refractivity contribution in [2.75, 3.05) is 5.43 Å². The fourth-order valence-electron chi connectivity index (χ4n) is 0.821. The van der Waals surface area contributed by atoms with Crippen LogP contribution in [0.25, 0.3) is 0 Å². The molecule has 0 aliphatic heterocycles.